The van der Waals surface area contributed by atoms with E-state index in [0.717, 1.165) is 12.8 Å². The van der Waals surface area contributed by atoms with E-state index in [4.69, 9.17) is 0 Å². The molecule has 0 aromatic heterocycles. The van der Waals surface area contributed by atoms with E-state index >= 15 is 0 Å². The second-order valence-corrected chi connectivity index (χ2v) is 6.35. The molecule has 1 aliphatic heterocycles. The molecule has 1 N–H and O–H groups in total. The minimum absolute atomic E-state index is 0.0358. The fraction of sp³-hybridized carbons (Fsp3) is 0.857. The summed E-state index contributed by atoms with van der Waals surface area (Å²) in [5.74, 6) is 1.24. The highest BCUT2D eigenvalue weighted by molar-refractivity contribution is 7.98. The Kier molecular flexibility index (Phi) is 6.69. The zero-order valence-electron chi connectivity index (χ0n) is 12.3. The number of nitrogens with one attached hydrogen (secondary N) is 1. The van der Waals surface area contributed by atoms with Crippen LogP contribution in [-0.4, -0.2) is 47.4 Å². The molecule has 0 saturated carbocycles. The van der Waals surface area contributed by atoms with E-state index in [1.807, 2.05) is 25.6 Å². The summed E-state index contributed by atoms with van der Waals surface area (Å²) in [7, 11) is 0. The lowest BCUT2D eigenvalue weighted by Crippen LogP contribution is -2.65. The van der Waals surface area contributed by atoms with Crippen molar-refractivity contribution < 1.29 is 9.59 Å². The molecule has 1 rings (SSSR count). The number of amides is 2. The zero-order valence-corrected chi connectivity index (χ0v) is 13.1. The van der Waals surface area contributed by atoms with E-state index in [2.05, 4.69) is 11.6 Å². The maximum atomic E-state index is 12.3. The lowest BCUT2D eigenvalue weighted by Gasteiger charge is -2.39. The van der Waals surface area contributed by atoms with Gasteiger partial charge in [-0.2, -0.15) is 11.8 Å². The number of rotatable bonds is 8. The molecule has 19 heavy (non-hydrogen) atoms. The first kappa shape index (κ1) is 16.3. The lowest BCUT2D eigenvalue weighted by atomic mass is 9.94. The van der Waals surface area contributed by atoms with Crippen molar-refractivity contribution in [2.75, 3.05) is 25.1 Å². The molecule has 0 bridgehead atoms. The van der Waals surface area contributed by atoms with Gasteiger partial charge in [0.25, 0.3) is 0 Å². The Bertz CT molecular complexity index is 323. The van der Waals surface area contributed by atoms with Crippen molar-refractivity contribution in [3.63, 3.8) is 0 Å². The third-order valence-electron chi connectivity index (χ3n) is 3.74. The summed E-state index contributed by atoms with van der Waals surface area (Å²) < 4.78 is 0. The van der Waals surface area contributed by atoms with E-state index in [9.17, 15) is 9.59 Å². The van der Waals surface area contributed by atoms with Crippen molar-refractivity contribution >= 4 is 23.6 Å². The molecule has 110 valence electrons. The predicted octanol–water partition coefficient (Wildman–Crippen LogP) is 2.04. The molecule has 1 saturated heterocycles. The summed E-state index contributed by atoms with van der Waals surface area (Å²) in [4.78, 5) is 25.7. The molecule has 0 radical (unpaired) electrons. The van der Waals surface area contributed by atoms with Gasteiger partial charge >= 0.3 is 0 Å². The van der Waals surface area contributed by atoms with Crippen LogP contribution in [0, 0.1) is 0 Å². The number of carbonyl (C=O) groups is 2. The quantitative estimate of drug-likeness (QED) is 0.695. The molecule has 4 nitrogen and oxygen atoms in total. The number of thioether (sulfide) groups is 1. The minimum atomic E-state index is -0.700. The maximum Gasteiger partial charge on any atom is 0.248 e. The molecule has 0 spiro atoms. The molecule has 1 fully saturated rings. The van der Waals surface area contributed by atoms with Gasteiger partial charge in [0, 0.05) is 6.54 Å². The van der Waals surface area contributed by atoms with Crippen LogP contribution in [-0.2, 0) is 9.59 Å². The first-order valence-corrected chi connectivity index (χ1v) is 8.52. The zero-order chi connectivity index (χ0) is 14.3. The molecule has 5 heteroatoms. The second kappa shape index (κ2) is 7.78. The highest BCUT2D eigenvalue weighted by Gasteiger charge is 2.40. The van der Waals surface area contributed by atoms with Gasteiger partial charge in [0.2, 0.25) is 11.8 Å². The molecule has 0 aromatic rings. The maximum absolute atomic E-state index is 12.3. The van der Waals surface area contributed by atoms with Crippen LogP contribution < -0.4 is 5.32 Å². The number of carbonyl (C=O) groups excluding carboxylic acids is 2. The first-order chi connectivity index (χ1) is 9.03. The van der Waals surface area contributed by atoms with Gasteiger partial charge in [-0.05, 0) is 38.2 Å². The van der Waals surface area contributed by atoms with Gasteiger partial charge in [-0.25, -0.2) is 0 Å². The Morgan fingerprint density at radius 1 is 1.26 bits per heavy atom. The number of piperazine rings is 1. The molecule has 0 aliphatic carbocycles. The van der Waals surface area contributed by atoms with E-state index in [1.54, 1.807) is 4.90 Å². The minimum Gasteiger partial charge on any atom is -0.340 e. The molecule has 1 unspecified atom stereocenters. The summed E-state index contributed by atoms with van der Waals surface area (Å²) in [6.45, 7) is 4.68. The van der Waals surface area contributed by atoms with Crippen molar-refractivity contribution in [1.29, 1.82) is 0 Å². The average molecular weight is 286 g/mol. The molecule has 2 amide bonds. The highest BCUT2D eigenvalue weighted by Crippen LogP contribution is 2.18. The summed E-state index contributed by atoms with van der Waals surface area (Å²) in [5, 5.41) is 2.81. The fourth-order valence-corrected chi connectivity index (χ4v) is 2.81. The van der Waals surface area contributed by atoms with Crippen LogP contribution in [0.5, 0.6) is 0 Å². The number of nitrogens with zero attached hydrogens (tertiary/aromatic N) is 1. The summed E-state index contributed by atoms with van der Waals surface area (Å²) in [6, 6.07) is 0. The van der Waals surface area contributed by atoms with Crippen molar-refractivity contribution in [2.45, 2.75) is 51.5 Å². The standard InChI is InChI=1S/C14H26N2O2S/c1-4-14(2)13(18)16(11-12(17)15-14)9-7-5-6-8-10-19-3/h4-11H2,1-3H3,(H,15,17). The molecular weight excluding hydrogens is 260 g/mol. The van der Waals surface area contributed by atoms with Gasteiger partial charge in [0.05, 0.1) is 6.54 Å². The molecule has 1 atom stereocenters. The Balaban J connectivity index is 2.36. The van der Waals surface area contributed by atoms with Crippen LogP contribution in [0.15, 0.2) is 0 Å². The number of unbranched alkanes of at least 4 members (excludes halogenated alkanes) is 3. The number of hydrogen-bond acceptors (Lipinski definition) is 3. The molecular formula is C14H26N2O2S. The van der Waals surface area contributed by atoms with E-state index in [0.29, 0.717) is 13.0 Å². The average Bonchev–Trinajstić information content (AvgIpc) is 2.39. The first-order valence-electron chi connectivity index (χ1n) is 7.13. The second-order valence-electron chi connectivity index (χ2n) is 5.37. The third kappa shape index (κ3) is 4.71. The van der Waals surface area contributed by atoms with Gasteiger partial charge in [-0.1, -0.05) is 19.8 Å². The Morgan fingerprint density at radius 3 is 2.58 bits per heavy atom. The van der Waals surface area contributed by atoms with Gasteiger partial charge in [-0.3, -0.25) is 9.59 Å². The lowest BCUT2D eigenvalue weighted by molar-refractivity contribution is -0.149. The summed E-state index contributed by atoms with van der Waals surface area (Å²) in [6.07, 6.45) is 7.34. The van der Waals surface area contributed by atoms with E-state index in [1.165, 1.54) is 18.6 Å². The summed E-state index contributed by atoms with van der Waals surface area (Å²) in [5.41, 5.74) is -0.700. The number of hydrogen-bond donors (Lipinski definition) is 1. The SMILES string of the molecule is CCC1(C)NC(=O)CN(CCCCCCSC)C1=O. The summed E-state index contributed by atoms with van der Waals surface area (Å²) >= 11 is 1.87. The Hall–Kier alpha value is -0.710. The molecule has 0 aromatic carbocycles. The molecule has 1 aliphatic rings. The van der Waals surface area contributed by atoms with E-state index < -0.39 is 5.54 Å². The normalized spacial score (nSPS) is 23.6. The van der Waals surface area contributed by atoms with Crippen LogP contribution in [0.25, 0.3) is 0 Å². The Morgan fingerprint density at radius 2 is 1.95 bits per heavy atom. The van der Waals surface area contributed by atoms with Gasteiger partial charge < -0.3 is 10.2 Å². The van der Waals surface area contributed by atoms with Gasteiger partial charge in [-0.15, -0.1) is 0 Å². The predicted molar refractivity (Wildman–Crippen MR) is 80.3 cm³/mol. The Labute approximate surface area is 120 Å². The van der Waals surface area contributed by atoms with E-state index in [-0.39, 0.29) is 18.4 Å². The van der Waals surface area contributed by atoms with Crippen LogP contribution in [0.4, 0.5) is 0 Å². The highest BCUT2D eigenvalue weighted by atomic mass is 32.2. The monoisotopic (exact) mass is 286 g/mol. The van der Waals surface area contributed by atoms with Crippen molar-refractivity contribution in [3.8, 4) is 0 Å². The van der Waals surface area contributed by atoms with Crippen LogP contribution in [0.1, 0.15) is 46.0 Å². The van der Waals surface area contributed by atoms with Crippen LogP contribution >= 0.6 is 11.8 Å². The van der Waals surface area contributed by atoms with Crippen LogP contribution in [0.2, 0.25) is 0 Å². The largest absolute Gasteiger partial charge is 0.340 e. The van der Waals surface area contributed by atoms with Gasteiger partial charge in [0.15, 0.2) is 0 Å². The molecule has 1 heterocycles. The smallest absolute Gasteiger partial charge is 0.248 e. The third-order valence-corrected chi connectivity index (χ3v) is 4.44. The fourth-order valence-electron chi connectivity index (χ4n) is 2.32. The van der Waals surface area contributed by atoms with Gasteiger partial charge in [0.1, 0.15) is 5.54 Å². The van der Waals surface area contributed by atoms with Crippen LogP contribution in [0.3, 0.4) is 0 Å². The van der Waals surface area contributed by atoms with Crippen molar-refractivity contribution in [1.82, 2.24) is 10.2 Å². The topological polar surface area (TPSA) is 49.4 Å². The van der Waals surface area contributed by atoms with Crippen molar-refractivity contribution in [2.24, 2.45) is 0 Å². The van der Waals surface area contributed by atoms with Crippen molar-refractivity contribution in [3.05, 3.63) is 0 Å².